The molecule has 134 valence electrons. The first kappa shape index (κ1) is 21.0. The van der Waals surface area contributed by atoms with Crippen LogP contribution in [0.3, 0.4) is 0 Å². The van der Waals surface area contributed by atoms with E-state index in [1.807, 2.05) is 17.4 Å². The predicted octanol–water partition coefficient (Wildman–Crippen LogP) is 3.91. The summed E-state index contributed by atoms with van der Waals surface area (Å²) in [4.78, 5) is 7.32. The van der Waals surface area contributed by atoms with Crippen molar-refractivity contribution in [1.29, 1.82) is 0 Å². The number of hydrogen-bond acceptors (Lipinski definition) is 4. The molecule has 5 nitrogen and oxygen atoms in total. The summed E-state index contributed by atoms with van der Waals surface area (Å²) in [5.74, 6) is 1.60. The summed E-state index contributed by atoms with van der Waals surface area (Å²) < 4.78 is 5.28. The van der Waals surface area contributed by atoms with Gasteiger partial charge in [-0.15, -0.1) is 35.3 Å². The van der Waals surface area contributed by atoms with E-state index in [-0.39, 0.29) is 24.0 Å². The zero-order chi connectivity index (χ0) is 16.7. The van der Waals surface area contributed by atoms with E-state index in [0.717, 1.165) is 36.8 Å². The summed E-state index contributed by atoms with van der Waals surface area (Å²) in [7, 11) is 0. The lowest BCUT2D eigenvalue weighted by molar-refractivity contribution is 0.379. The number of hydrogen-bond donors (Lipinski definition) is 2. The van der Waals surface area contributed by atoms with Gasteiger partial charge < -0.3 is 15.2 Å². The number of guanidine groups is 1. The van der Waals surface area contributed by atoms with E-state index in [2.05, 4.69) is 60.6 Å². The lowest BCUT2D eigenvalue weighted by atomic mass is 10.2. The standard InChI is InChI=1S/C17H26N4OS.HI/c1-5-14-10-15(22-21-14)11-19-17(18-6-2)20-12(3)9-16-8-7-13(4)23-16;/h7-8,10,12H,5-6,9,11H2,1-4H3,(H2,18,19,20);1H. The van der Waals surface area contributed by atoms with Crippen molar-refractivity contribution in [3.63, 3.8) is 0 Å². The maximum absolute atomic E-state index is 5.28. The first-order valence-electron chi connectivity index (χ1n) is 8.15. The fraction of sp³-hybridized carbons (Fsp3) is 0.529. The van der Waals surface area contributed by atoms with E-state index in [1.165, 1.54) is 9.75 Å². The highest BCUT2D eigenvalue weighted by molar-refractivity contribution is 14.0. The van der Waals surface area contributed by atoms with Crippen LogP contribution in [0.2, 0.25) is 0 Å². The Balaban J connectivity index is 0.00000288. The Kier molecular flexibility index (Phi) is 9.35. The summed E-state index contributed by atoms with van der Waals surface area (Å²) >= 11 is 1.85. The second-order valence-corrected chi connectivity index (χ2v) is 6.97. The average molecular weight is 462 g/mol. The van der Waals surface area contributed by atoms with Crippen molar-refractivity contribution in [3.05, 3.63) is 39.4 Å². The Morgan fingerprint density at radius 2 is 2.17 bits per heavy atom. The monoisotopic (exact) mass is 462 g/mol. The van der Waals surface area contributed by atoms with Crippen LogP contribution < -0.4 is 10.6 Å². The lowest BCUT2D eigenvalue weighted by Crippen LogP contribution is -2.43. The predicted molar refractivity (Wildman–Crippen MR) is 111 cm³/mol. The quantitative estimate of drug-likeness (QED) is 0.372. The minimum atomic E-state index is 0. The third-order valence-electron chi connectivity index (χ3n) is 3.39. The molecule has 0 saturated heterocycles. The molecule has 0 fully saturated rings. The number of nitrogens with one attached hydrogen (secondary N) is 2. The normalized spacial score (nSPS) is 12.6. The van der Waals surface area contributed by atoms with Gasteiger partial charge >= 0.3 is 0 Å². The second kappa shape index (κ2) is 10.7. The van der Waals surface area contributed by atoms with Gasteiger partial charge in [0.25, 0.3) is 0 Å². The van der Waals surface area contributed by atoms with Gasteiger partial charge in [-0.25, -0.2) is 4.99 Å². The number of nitrogens with zero attached hydrogens (tertiary/aromatic N) is 2. The van der Waals surface area contributed by atoms with Crippen molar-refractivity contribution in [2.45, 2.75) is 53.1 Å². The zero-order valence-corrected chi connectivity index (χ0v) is 17.9. The highest BCUT2D eigenvalue weighted by Gasteiger charge is 2.08. The van der Waals surface area contributed by atoms with Crippen LogP contribution in [0.5, 0.6) is 0 Å². The van der Waals surface area contributed by atoms with Gasteiger partial charge in [0.1, 0.15) is 6.54 Å². The molecule has 0 amide bonds. The van der Waals surface area contributed by atoms with Crippen molar-refractivity contribution in [2.24, 2.45) is 4.99 Å². The molecule has 0 aliphatic heterocycles. The van der Waals surface area contributed by atoms with Crippen LogP contribution in [0.1, 0.15) is 42.0 Å². The van der Waals surface area contributed by atoms with Crippen LogP contribution in [0.15, 0.2) is 27.7 Å². The molecular formula is C17H27IN4OS. The molecule has 2 aromatic heterocycles. The molecule has 0 radical (unpaired) electrons. The fourth-order valence-electron chi connectivity index (χ4n) is 2.25. The molecule has 0 saturated carbocycles. The summed E-state index contributed by atoms with van der Waals surface area (Å²) in [6.07, 6.45) is 1.87. The molecule has 0 bridgehead atoms. The molecule has 1 unspecified atom stereocenters. The van der Waals surface area contributed by atoms with Gasteiger partial charge in [0.2, 0.25) is 0 Å². The Morgan fingerprint density at radius 1 is 1.38 bits per heavy atom. The molecule has 2 aromatic rings. The molecule has 0 aromatic carbocycles. The summed E-state index contributed by atoms with van der Waals surface area (Å²) in [5.41, 5.74) is 0.967. The van der Waals surface area contributed by atoms with E-state index in [9.17, 15) is 0 Å². The molecule has 0 spiro atoms. The van der Waals surface area contributed by atoms with Crippen molar-refractivity contribution in [3.8, 4) is 0 Å². The van der Waals surface area contributed by atoms with Gasteiger partial charge in [0, 0.05) is 34.8 Å². The van der Waals surface area contributed by atoms with Gasteiger partial charge in [0.15, 0.2) is 11.7 Å². The van der Waals surface area contributed by atoms with Gasteiger partial charge in [-0.05, 0) is 39.3 Å². The average Bonchev–Trinajstić information content (AvgIpc) is 3.14. The van der Waals surface area contributed by atoms with Crippen LogP contribution in [-0.4, -0.2) is 23.7 Å². The molecule has 7 heteroatoms. The molecule has 2 rings (SSSR count). The van der Waals surface area contributed by atoms with Gasteiger partial charge in [-0.3, -0.25) is 0 Å². The first-order valence-corrected chi connectivity index (χ1v) is 8.97. The summed E-state index contributed by atoms with van der Waals surface area (Å²) in [6.45, 7) is 9.75. The summed E-state index contributed by atoms with van der Waals surface area (Å²) in [5, 5.41) is 10.7. The third-order valence-corrected chi connectivity index (χ3v) is 4.42. The van der Waals surface area contributed by atoms with E-state index in [4.69, 9.17) is 4.52 Å². The van der Waals surface area contributed by atoms with Crippen molar-refractivity contribution in [1.82, 2.24) is 15.8 Å². The highest BCUT2D eigenvalue weighted by atomic mass is 127. The minimum absolute atomic E-state index is 0. The minimum Gasteiger partial charge on any atom is -0.359 e. The van der Waals surface area contributed by atoms with Crippen molar-refractivity contribution >= 4 is 41.3 Å². The molecule has 2 heterocycles. The van der Waals surface area contributed by atoms with Gasteiger partial charge in [-0.2, -0.15) is 0 Å². The Bertz CT molecular complexity index is 638. The number of thiophene rings is 1. The fourth-order valence-corrected chi connectivity index (χ4v) is 3.27. The van der Waals surface area contributed by atoms with E-state index < -0.39 is 0 Å². The maximum atomic E-state index is 5.28. The van der Waals surface area contributed by atoms with E-state index in [0.29, 0.717) is 12.6 Å². The van der Waals surface area contributed by atoms with Crippen LogP contribution >= 0.6 is 35.3 Å². The SMILES string of the molecule is CCNC(=NCc1cc(CC)no1)NC(C)Cc1ccc(C)s1.I. The Hall–Kier alpha value is -1.09. The number of aliphatic imine (C=N–C) groups is 1. The van der Waals surface area contributed by atoms with Gasteiger partial charge in [-0.1, -0.05) is 12.1 Å². The molecular weight excluding hydrogens is 435 g/mol. The topological polar surface area (TPSA) is 62.5 Å². The van der Waals surface area contributed by atoms with Crippen LogP contribution in [0.25, 0.3) is 0 Å². The number of aryl methyl sites for hydroxylation is 2. The molecule has 2 N–H and O–H groups in total. The van der Waals surface area contributed by atoms with Crippen molar-refractivity contribution < 1.29 is 4.52 Å². The lowest BCUT2D eigenvalue weighted by Gasteiger charge is -2.17. The number of rotatable bonds is 7. The Labute approximate surface area is 165 Å². The van der Waals surface area contributed by atoms with Crippen LogP contribution in [-0.2, 0) is 19.4 Å². The number of halogens is 1. The molecule has 0 aliphatic rings. The van der Waals surface area contributed by atoms with Gasteiger partial charge in [0.05, 0.1) is 5.69 Å². The molecule has 1 atom stereocenters. The highest BCUT2D eigenvalue weighted by Crippen LogP contribution is 2.16. The molecule has 24 heavy (non-hydrogen) atoms. The zero-order valence-electron chi connectivity index (χ0n) is 14.8. The van der Waals surface area contributed by atoms with E-state index in [1.54, 1.807) is 0 Å². The summed E-state index contributed by atoms with van der Waals surface area (Å²) in [6, 6.07) is 6.64. The maximum Gasteiger partial charge on any atom is 0.191 e. The molecule has 0 aliphatic carbocycles. The van der Waals surface area contributed by atoms with Crippen molar-refractivity contribution in [2.75, 3.05) is 6.54 Å². The van der Waals surface area contributed by atoms with E-state index >= 15 is 0 Å². The van der Waals surface area contributed by atoms with Crippen LogP contribution in [0.4, 0.5) is 0 Å². The van der Waals surface area contributed by atoms with Crippen LogP contribution in [0, 0.1) is 6.92 Å². The largest absolute Gasteiger partial charge is 0.359 e. The number of aromatic nitrogens is 1. The smallest absolute Gasteiger partial charge is 0.191 e. The second-order valence-electron chi connectivity index (χ2n) is 5.60. The first-order chi connectivity index (χ1) is 11.1. The Morgan fingerprint density at radius 3 is 2.75 bits per heavy atom. The third kappa shape index (κ3) is 6.80.